The molecule has 136 valence electrons. The molecule has 0 saturated heterocycles. The smallest absolute Gasteiger partial charge is 0.216 e. The Morgan fingerprint density at radius 1 is 1.07 bits per heavy atom. The summed E-state index contributed by atoms with van der Waals surface area (Å²) in [5.74, 6) is 0.419. The number of aryl methyl sites for hydroxylation is 2. The lowest BCUT2D eigenvalue weighted by Gasteiger charge is -2.11. The fraction of sp³-hybridized carbons (Fsp3) is 0.292. The van der Waals surface area contributed by atoms with Gasteiger partial charge in [-0.25, -0.2) is 8.96 Å². The Kier molecular flexibility index (Phi) is 3.78. The standard InChI is InChI=1S/C24H23FNO/c1-15-13-19(25)23-18-9-5-6-10-21(18)27-24(23)22(15)20-14-17(11-12-26(20)2)16-7-3-4-8-16/h5-6,9-14,16H,3-4,7-8H2,1-2H3/q+1. The average Bonchev–Trinajstić information content (AvgIpc) is 3.30. The molecule has 2 nitrogen and oxygen atoms in total. The van der Waals surface area contributed by atoms with Gasteiger partial charge in [-0.2, -0.15) is 0 Å². The second-order valence-corrected chi connectivity index (χ2v) is 7.79. The summed E-state index contributed by atoms with van der Waals surface area (Å²) >= 11 is 0. The first kappa shape index (κ1) is 16.5. The zero-order chi connectivity index (χ0) is 18.5. The molecule has 1 aliphatic carbocycles. The number of pyridine rings is 1. The molecule has 1 fully saturated rings. The summed E-state index contributed by atoms with van der Waals surface area (Å²) in [6.07, 6.45) is 7.26. The van der Waals surface area contributed by atoms with E-state index in [1.165, 1.54) is 31.2 Å². The maximum absolute atomic E-state index is 14.9. The van der Waals surface area contributed by atoms with Crippen molar-refractivity contribution in [1.82, 2.24) is 0 Å². The highest BCUT2D eigenvalue weighted by molar-refractivity contribution is 6.10. The Hall–Kier alpha value is -2.68. The number of aromatic nitrogens is 1. The van der Waals surface area contributed by atoms with Crippen LogP contribution in [0.1, 0.15) is 42.7 Å². The van der Waals surface area contributed by atoms with E-state index in [9.17, 15) is 4.39 Å². The Morgan fingerprint density at radius 3 is 2.67 bits per heavy atom. The number of hydrogen-bond donors (Lipinski definition) is 0. The van der Waals surface area contributed by atoms with Crippen LogP contribution in [-0.2, 0) is 7.05 Å². The van der Waals surface area contributed by atoms with Crippen LogP contribution in [0.2, 0.25) is 0 Å². The maximum Gasteiger partial charge on any atom is 0.216 e. The highest BCUT2D eigenvalue weighted by Gasteiger charge is 2.25. The second kappa shape index (κ2) is 6.19. The number of rotatable bonds is 2. The van der Waals surface area contributed by atoms with Crippen LogP contribution in [-0.4, -0.2) is 0 Å². The van der Waals surface area contributed by atoms with Gasteiger partial charge in [-0.1, -0.05) is 31.0 Å². The number of nitrogens with zero attached hydrogens (tertiary/aromatic N) is 1. The topological polar surface area (TPSA) is 17.0 Å². The third-order valence-corrected chi connectivity index (χ3v) is 6.06. The summed E-state index contributed by atoms with van der Waals surface area (Å²) in [5.41, 5.74) is 5.73. The molecule has 0 aliphatic heterocycles. The maximum atomic E-state index is 14.9. The molecule has 27 heavy (non-hydrogen) atoms. The molecule has 0 atom stereocenters. The zero-order valence-electron chi connectivity index (χ0n) is 15.8. The molecule has 0 amide bonds. The summed E-state index contributed by atoms with van der Waals surface area (Å²) in [7, 11) is 2.05. The SMILES string of the molecule is Cc1cc(F)c2c(oc3ccccc32)c1-c1cc(C2CCCC2)cc[n+]1C. The minimum atomic E-state index is -0.217. The van der Waals surface area contributed by atoms with Crippen LogP contribution in [0.3, 0.4) is 0 Å². The molecule has 1 saturated carbocycles. The Morgan fingerprint density at radius 2 is 1.85 bits per heavy atom. The first-order valence-electron chi connectivity index (χ1n) is 9.74. The molecule has 4 aromatic rings. The van der Waals surface area contributed by atoms with E-state index in [0.29, 0.717) is 16.9 Å². The Labute approximate surface area is 158 Å². The first-order valence-corrected chi connectivity index (χ1v) is 9.74. The summed E-state index contributed by atoms with van der Waals surface area (Å²) in [6.45, 7) is 1.97. The van der Waals surface area contributed by atoms with Gasteiger partial charge in [0.05, 0.1) is 10.9 Å². The molecule has 3 heteroatoms. The quantitative estimate of drug-likeness (QED) is 0.390. The van der Waals surface area contributed by atoms with E-state index in [4.69, 9.17) is 4.42 Å². The number of fused-ring (bicyclic) bond motifs is 3. The van der Waals surface area contributed by atoms with Gasteiger partial charge in [0.15, 0.2) is 11.8 Å². The van der Waals surface area contributed by atoms with Crippen LogP contribution in [0.4, 0.5) is 4.39 Å². The Balaban J connectivity index is 1.81. The van der Waals surface area contributed by atoms with Gasteiger partial charge >= 0.3 is 0 Å². The van der Waals surface area contributed by atoms with Crippen molar-refractivity contribution in [2.45, 2.75) is 38.5 Å². The number of hydrogen-bond acceptors (Lipinski definition) is 1. The molecular formula is C24H23FNO+. The van der Waals surface area contributed by atoms with Crippen LogP contribution in [0.15, 0.2) is 53.1 Å². The van der Waals surface area contributed by atoms with Crippen molar-refractivity contribution in [3.8, 4) is 11.3 Å². The van der Waals surface area contributed by atoms with Crippen LogP contribution in [0, 0.1) is 12.7 Å². The van der Waals surface area contributed by atoms with Crippen molar-refractivity contribution in [3.63, 3.8) is 0 Å². The molecule has 0 spiro atoms. The van der Waals surface area contributed by atoms with E-state index in [0.717, 1.165) is 27.8 Å². The minimum Gasteiger partial charge on any atom is -0.455 e. The van der Waals surface area contributed by atoms with E-state index < -0.39 is 0 Å². The van der Waals surface area contributed by atoms with Gasteiger partial charge in [0.1, 0.15) is 18.4 Å². The predicted octanol–water partition coefficient (Wildman–Crippen LogP) is 6.18. The summed E-state index contributed by atoms with van der Waals surface area (Å²) < 4.78 is 23.1. The summed E-state index contributed by atoms with van der Waals surface area (Å²) in [6, 6.07) is 13.8. The van der Waals surface area contributed by atoms with Crippen molar-refractivity contribution in [2.24, 2.45) is 7.05 Å². The fourth-order valence-corrected chi connectivity index (χ4v) is 4.64. The van der Waals surface area contributed by atoms with Gasteiger partial charge in [0.25, 0.3) is 0 Å². The Bertz CT molecular complexity index is 1170. The van der Waals surface area contributed by atoms with Gasteiger partial charge in [0, 0.05) is 17.5 Å². The van der Waals surface area contributed by atoms with Crippen molar-refractivity contribution in [1.29, 1.82) is 0 Å². The van der Waals surface area contributed by atoms with Crippen LogP contribution in [0.5, 0.6) is 0 Å². The largest absolute Gasteiger partial charge is 0.455 e. The highest BCUT2D eigenvalue weighted by Crippen LogP contribution is 2.40. The van der Waals surface area contributed by atoms with Crippen LogP contribution < -0.4 is 4.57 Å². The number of furan rings is 1. The molecule has 2 heterocycles. The number of halogens is 1. The van der Waals surface area contributed by atoms with E-state index in [2.05, 4.69) is 22.9 Å². The molecule has 0 unspecified atom stereocenters. The number of para-hydroxylation sites is 1. The summed E-state index contributed by atoms with van der Waals surface area (Å²) in [5, 5.41) is 1.42. The average molecular weight is 360 g/mol. The van der Waals surface area contributed by atoms with Crippen LogP contribution >= 0.6 is 0 Å². The summed E-state index contributed by atoms with van der Waals surface area (Å²) in [4.78, 5) is 0. The lowest BCUT2D eigenvalue weighted by atomic mass is 9.94. The zero-order valence-corrected chi connectivity index (χ0v) is 15.8. The lowest BCUT2D eigenvalue weighted by Crippen LogP contribution is -2.31. The van der Waals surface area contributed by atoms with Gasteiger partial charge in [-0.3, -0.25) is 0 Å². The first-order chi connectivity index (χ1) is 13.1. The third kappa shape index (κ3) is 2.56. The highest BCUT2D eigenvalue weighted by atomic mass is 19.1. The van der Waals surface area contributed by atoms with Crippen molar-refractivity contribution >= 4 is 21.9 Å². The fourth-order valence-electron chi connectivity index (χ4n) is 4.64. The van der Waals surface area contributed by atoms with Crippen molar-refractivity contribution < 1.29 is 13.4 Å². The van der Waals surface area contributed by atoms with Gasteiger partial charge in [-0.05, 0) is 48.9 Å². The molecule has 0 radical (unpaired) electrons. The normalized spacial score (nSPS) is 15.2. The van der Waals surface area contributed by atoms with Gasteiger partial charge in [0.2, 0.25) is 5.69 Å². The monoisotopic (exact) mass is 360 g/mol. The molecule has 5 rings (SSSR count). The molecular weight excluding hydrogens is 337 g/mol. The molecule has 0 N–H and O–H groups in total. The van der Waals surface area contributed by atoms with Gasteiger partial charge in [-0.15, -0.1) is 0 Å². The van der Waals surface area contributed by atoms with Gasteiger partial charge < -0.3 is 4.42 Å². The van der Waals surface area contributed by atoms with E-state index in [-0.39, 0.29) is 5.82 Å². The second-order valence-electron chi connectivity index (χ2n) is 7.79. The third-order valence-electron chi connectivity index (χ3n) is 6.06. The van der Waals surface area contributed by atoms with E-state index >= 15 is 0 Å². The van der Waals surface area contributed by atoms with E-state index in [1.54, 1.807) is 6.07 Å². The lowest BCUT2D eigenvalue weighted by molar-refractivity contribution is -0.660. The minimum absolute atomic E-state index is 0.217. The van der Waals surface area contributed by atoms with Crippen molar-refractivity contribution in [3.05, 3.63) is 65.6 Å². The number of benzene rings is 2. The molecule has 0 bridgehead atoms. The van der Waals surface area contributed by atoms with E-state index in [1.807, 2.05) is 38.2 Å². The molecule has 1 aliphatic rings. The van der Waals surface area contributed by atoms with Crippen molar-refractivity contribution in [2.75, 3.05) is 0 Å². The van der Waals surface area contributed by atoms with Crippen LogP contribution in [0.25, 0.3) is 33.2 Å². The predicted molar refractivity (Wildman–Crippen MR) is 106 cm³/mol. The molecule has 2 aromatic heterocycles. The molecule has 2 aromatic carbocycles.